The smallest absolute Gasteiger partial charge is 0.102 e. The fourth-order valence-electron chi connectivity index (χ4n) is 2.08. The van der Waals surface area contributed by atoms with E-state index in [0.29, 0.717) is 24.8 Å². The molecule has 0 aromatic heterocycles. The first-order chi connectivity index (χ1) is 6.15. The molecule has 2 nitrogen and oxygen atoms in total. The van der Waals surface area contributed by atoms with Gasteiger partial charge in [-0.2, -0.15) is 0 Å². The van der Waals surface area contributed by atoms with Crippen LogP contribution in [-0.2, 0) is 0 Å². The van der Waals surface area contributed by atoms with Crippen LogP contribution < -0.4 is 0 Å². The number of halogens is 1. The first-order valence-electron chi connectivity index (χ1n) is 4.88. The molecule has 0 spiro atoms. The molecule has 0 bridgehead atoms. The van der Waals surface area contributed by atoms with Gasteiger partial charge in [-0.25, -0.2) is 4.39 Å². The Kier molecular flexibility index (Phi) is 3.85. The Morgan fingerprint density at radius 2 is 2.08 bits per heavy atom. The molecule has 3 atom stereocenters. The standard InChI is InChI=1S/C10H19FN2/c1-12-7-8-4-5-9(11)6-10(8)13(2)3/h7-10H,4-6H2,1-3H3/t8?,9?,10-/m0/s1. The zero-order valence-corrected chi connectivity index (χ0v) is 8.70. The van der Waals surface area contributed by atoms with E-state index in [1.54, 1.807) is 7.05 Å². The lowest BCUT2D eigenvalue weighted by Gasteiger charge is -2.35. The van der Waals surface area contributed by atoms with Gasteiger partial charge in [0, 0.05) is 25.2 Å². The molecule has 0 aliphatic heterocycles. The Balaban J connectivity index is 2.60. The summed E-state index contributed by atoms with van der Waals surface area (Å²) in [5.41, 5.74) is 0. The van der Waals surface area contributed by atoms with Crippen molar-refractivity contribution in [2.45, 2.75) is 31.5 Å². The Morgan fingerprint density at radius 3 is 2.62 bits per heavy atom. The third-order valence-electron chi connectivity index (χ3n) is 2.81. The quantitative estimate of drug-likeness (QED) is 0.600. The minimum Gasteiger partial charge on any atom is -0.306 e. The first-order valence-corrected chi connectivity index (χ1v) is 4.88. The second kappa shape index (κ2) is 4.70. The van der Waals surface area contributed by atoms with E-state index in [9.17, 15) is 4.39 Å². The maximum absolute atomic E-state index is 13.1. The molecule has 0 aromatic rings. The first kappa shape index (κ1) is 10.6. The molecule has 0 radical (unpaired) electrons. The summed E-state index contributed by atoms with van der Waals surface area (Å²) in [6, 6.07) is 0.326. The highest BCUT2D eigenvalue weighted by Gasteiger charge is 2.30. The lowest BCUT2D eigenvalue weighted by Crippen LogP contribution is -2.41. The molecule has 1 saturated carbocycles. The minimum absolute atomic E-state index is 0.326. The van der Waals surface area contributed by atoms with Crippen LogP contribution in [0.3, 0.4) is 0 Å². The fourth-order valence-corrected chi connectivity index (χ4v) is 2.08. The summed E-state index contributed by atoms with van der Waals surface area (Å²) in [7, 11) is 5.81. The topological polar surface area (TPSA) is 15.6 Å². The average molecular weight is 186 g/mol. The fraction of sp³-hybridized carbons (Fsp3) is 0.900. The highest BCUT2D eigenvalue weighted by atomic mass is 19.1. The maximum atomic E-state index is 13.1. The van der Waals surface area contributed by atoms with E-state index >= 15 is 0 Å². The van der Waals surface area contributed by atoms with Gasteiger partial charge in [0.15, 0.2) is 0 Å². The van der Waals surface area contributed by atoms with Crippen molar-refractivity contribution >= 4 is 6.21 Å². The van der Waals surface area contributed by atoms with Crippen LogP contribution in [0.15, 0.2) is 4.99 Å². The SMILES string of the molecule is CN=CC1CCC(F)C[C@@H]1N(C)C. The Labute approximate surface area is 79.8 Å². The van der Waals surface area contributed by atoms with Crippen LogP contribution in [0.5, 0.6) is 0 Å². The molecule has 1 rings (SSSR count). The number of hydrogen-bond donors (Lipinski definition) is 0. The molecule has 3 heteroatoms. The van der Waals surface area contributed by atoms with Gasteiger partial charge in [0.2, 0.25) is 0 Å². The third kappa shape index (κ3) is 2.76. The molecule has 76 valence electrons. The second-order valence-corrected chi connectivity index (χ2v) is 4.01. The van der Waals surface area contributed by atoms with Gasteiger partial charge >= 0.3 is 0 Å². The number of rotatable bonds is 2. The molecule has 1 aliphatic rings. The zero-order chi connectivity index (χ0) is 9.84. The molecule has 1 aliphatic carbocycles. The predicted octanol–water partition coefficient (Wildman–Crippen LogP) is 1.76. The number of nitrogens with zero attached hydrogens (tertiary/aromatic N) is 2. The average Bonchev–Trinajstić information content (AvgIpc) is 2.08. The number of alkyl halides is 1. The van der Waals surface area contributed by atoms with E-state index in [2.05, 4.69) is 9.89 Å². The minimum atomic E-state index is -0.617. The summed E-state index contributed by atoms with van der Waals surface area (Å²) in [5, 5.41) is 0. The molecule has 0 heterocycles. The molecular weight excluding hydrogens is 167 g/mol. The van der Waals surface area contributed by atoms with Gasteiger partial charge < -0.3 is 9.89 Å². The van der Waals surface area contributed by atoms with Crippen LogP contribution in [0.1, 0.15) is 19.3 Å². The monoisotopic (exact) mass is 186 g/mol. The number of aliphatic imine (C=N–C) groups is 1. The molecule has 13 heavy (non-hydrogen) atoms. The molecule has 0 amide bonds. The van der Waals surface area contributed by atoms with Gasteiger partial charge in [0.1, 0.15) is 6.17 Å². The van der Waals surface area contributed by atoms with Crippen molar-refractivity contribution in [3.63, 3.8) is 0 Å². The Hall–Kier alpha value is -0.440. The lowest BCUT2D eigenvalue weighted by molar-refractivity contribution is 0.128. The van der Waals surface area contributed by atoms with E-state index < -0.39 is 6.17 Å². The summed E-state index contributed by atoms with van der Waals surface area (Å²) in [6.07, 6.45) is 3.64. The van der Waals surface area contributed by atoms with Crippen molar-refractivity contribution in [1.29, 1.82) is 0 Å². The predicted molar refractivity (Wildman–Crippen MR) is 54.1 cm³/mol. The second-order valence-electron chi connectivity index (χ2n) is 4.01. The van der Waals surface area contributed by atoms with Crippen LogP contribution in [0.2, 0.25) is 0 Å². The Bertz CT molecular complexity index is 180. The summed E-state index contributed by atoms with van der Waals surface area (Å²) < 4.78 is 13.1. The van der Waals surface area contributed by atoms with Crippen molar-refractivity contribution in [3.8, 4) is 0 Å². The van der Waals surface area contributed by atoms with E-state index in [4.69, 9.17) is 0 Å². The summed E-state index contributed by atoms with van der Waals surface area (Å²) in [6.45, 7) is 0. The highest BCUT2D eigenvalue weighted by Crippen LogP contribution is 2.28. The van der Waals surface area contributed by atoms with Gasteiger partial charge in [0.05, 0.1) is 0 Å². The van der Waals surface area contributed by atoms with Gasteiger partial charge in [-0.3, -0.25) is 0 Å². The molecule has 0 saturated heterocycles. The van der Waals surface area contributed by atoms with Crippen LogP contribution >= 0.6 is 0 Å². The van der Waals surface area contributed by atoms with Crippen LogP contribution in [0.25, 0.3) is 0 Å². The van der Waals surface area contributed by atoms with Crippen molar-refractivity contribution in [3.05, 3.63) is 0 Å². The van der Waals surface area contributed by atoms with Crippen molar-refractivity contribution < 1.29 is 4.39 Å². The van der Waals surface area contributed by atoms with Crippen LogP contribution in [-0.4, -0.2) is 44.5 Å². The zero-order valence-electron chi connectivity index (χ0n) is 8.70. The molecular formula is C10H19FN2. The summed E-state index contributed by atoms with van der Waals surface area (Å²) in [4.78, 5) is 6.15. The van der Waals surface area contributed by atoms with E-state index in [0.717, 1.165) is 6.42 Å². The van der Waals surface area contributed by atoms with Gasteiger partial charge in [-0.1, -0.05) is 0 Å². The van der Waals surface area contributed by atoms with E-state index in [-0.39, 0.29) is 0 Å². The van der Waals surface area contributed by atoms with Crippen LogP contribution in [0.4, 0.5) is 4.39 Å². The molecule has 0 N–H and O–H groups in total. The van der Waals surface area contributed by atoms with Gasteiger partial charge in [-0.05, 0) is 33.4 Å². The van der Waals surface area contributed by atoms with Crippen molar-refractivity contribution in [2.24, 2.45) is 10.9 Å². The molecule has 0 aromatic carbocycles. The van der Waals surface area contributed by atoms with E-state index in [1.807, 2.05) is 20.3 Å². The van der Waals surface area contributed by atoms with Crippen LogP contribution in [0, 0.1) is 5.92 Å². The summed E-state index contributed by atoms with van der Waals surface area (Å²) in [5.74, 6) is 0.437. The lowest BCUT2D eigenvalue weighted by atomic mass is 9.83. The number of hydrogen-bond acceptors (Lipinski definition) is 2. The van der Waals surface area contributed by atoms with E-state index in [1.165, 1.54) is 0 Å². The molecule has 2 unspecified atom stereocenters. The third-order valence-corrected chi connectivity index (χ3v) is 2.81. The molecule has 1 fully saturated rings. The highest BCUT2D eigenvalue weighted by molar-refractivity contribution is 5.61. The summed E-state index contributed by atoms with van der Waals surface area (Å²) >= 11 is 0. The normalized spacial score (nSPS) is 35.9. The Morgan fingerprint density at radius 1 is 1.38 bits per heavy atom. The van der Waals surface area contributed by atoms with Crippen molar-refractivity contribution in [1.82, 2.24) is 4.90 Å². The largest absolute Gasteiger partial charge is 0.306 e. The van der Waals surface area contributed by atoms with Crippen molar-refractivity contribution in [2.75, 3.05) is 21.1 Å². The maximum Gasteiger partial charge on any atom is 0.102 e. The van der Waals surface area contributed by atoms with Gasteiger partial charge in [0.25, 0.3) is 0 Å². The van der Waals surface area contributed by atoms with Gasteiger partial charge in [-0.15, -0.1) is 0 Å².